The van der Waals surface area contributed by atoms with Gasteiger partial charge in [0.2, 0.25) is 0 Å². The molecule has 0 aromatic rings. The second-order valence-electron chi connectivity index (χ2n) is 12.2. The molecule has 0 unspecified atom stereocenters. The maximum atomic E-state index is 13.8. The Balaban J connectivity index is 1.96. The van der Waals surface area contributed by atoms with Crippen molar-refractivity contribution in [3.8, 4) is 0 Å². The predicted octanol–water partition coefficient (Wildman–Crippen LogP) is 4.20. The van der Waals surface area contributed by atoms with Gasteiger partial charge < -0.3 is 20.1 Å². The van der Waals surface area contributed by atoms with Gasteiger partial charge in [0.25, 0.3) is 0 Å². The van der Waals surface area contributed by atoms with Gasteiger partial charge in [0, 0.05) is 29.9 Å². The van der Waals surface area contributed by atoms with Crippen LogP contribution < -0.4 is 0 Å². The molecular formula is C27H38O7. The van der Waals surface area contributed by atoms with Gasteiger partial charge in [0.15, 0.2) is 11.2 Å². The number of carboxylic acid groups (broad SMARTS) is 1. The van der Waals surface area contributed by atoms with E-state index in [2.05, 4.69) is 13.8 Å². The smallest absolute Gasteiger partial charge is 0.319 e. The van der Waals surface area contributed by atoms with E-state index in [1.165, 1.54) is 13.8 Å². The summed E-state index contributed by atoms with van der Waals surface area (Å²) in [4.78, 5) is 38.8. The number of ether oxygens (including phenoxy) is 1. The van der Waals surface area contributed by atoms with Gasteiger partial charge >= 0.3 is 11.9 Å². The van der Waals surface area contributed by atoms with E-state index >= 15 is 0 Å². The molecule has 4 rings (SSSR count). The summed E-state index contributed by atoms with van der Waals surface area (Å²) in [6.07, 6.45) is 3.87. The molecule has 4 aliphatic rings. The second kappa shape index (κ2) is 7.19. The Kier molecular flexibility index (Phi) is 5.27. The van der Waals surface area contributed by atoms with E-state index in [4.69, 9.17) is 4.74 Å². The monoisotopic (exact) mass is 474 g/mol. The molecule has 3 N–H and O–H groups in total. The van der Waals surface area contributed by atoms with Crippen LogP contribution in [0.25, 0.3) is 0 Å². The van der Waals surface area contributed by atoms with Crippen molar-refractivity contribution >= 4 is 17.7 Å². The molecule has 0 saturated heterocycles. The van der Waals surface area contributed by atoms with E-state index in [9.17, 15) is 29.7 Å². The van der Waals surface area contributed by atoms with Crippen molar-refractivity contribution in [1.29, 1.82) is 0 Å². The van der Waals surface area contributed by atoms with Crippen LogP contribution >= 0.6 is 0 Å². The second-order valence-corrected chi connectivity index (χ2v) is 12.2. The molecule has 4 aliphatic carbocycles. The molecular weight excluding hydrogens is 436 g/mol. The number of esters is 1. The van der Waals surface area contributed by atoms with Gasteiger partial charge in [-0.05, 0) is 63.7 Å². The molecule has 0 heterocycles. The van der Waals surface area contributed by atoms with E-state index in [1.807, 2.05) is 13.0 Å². The minimum Gasteiger partial charge on any atom is -0.511 e. The van der Waals surface area contributed by atoms with Gasteiger partial charge in [-0.15, -0.1) is 0 Å². The fourth-order valence-corrected chi connectivity index (χ4v) is 9.10. The lowest BCUT2D eigenvalue weighted by molar-refractivity contribution is -0.229. The van der Waals surface area contributed by atoms with Gasteiger partial charge in [0.1, 0.15) is 11.9 Å². The van der Waals surface area contributed by atoms with Crippen LogP contribution in [-0.4, -0.2) is 45.8 Å². The lowest BCUT2D eigenvalue weighted by Gasteiger charge is -2.69. The third-order valence-corrected chi connectivity index (χ3v) is 10.8. The van der Waals surface area contributed by atoms with Crippen molar-refractivity contribution in [2.45, 2.75) is 80.3 Å². The number of fused-ring (bicyclic) bond motifs is 5. The Morgan fingerprint density at radius 2 is 1.74 bits per heavy atom. The zero-order valence-electron chi connectivity index (χ0n) is 21.3. The maximum absolute atomic E-state index is 13.8. The number of Topliss-reactive ketones (excluding diaryl/α,β-unsaturated/α-hetero) is 1. The summed E-state index contributed by atoms with van der Waals surface area (Å²) in [7, 11) is 0. The van der Waals surface area contributed by atoms with Crippen molar-refractivity contribution in [1.82, 2.24) is 0 Å². The molecule has 0 radical (unpaired) electrons. The zero-order chi connectivity index (χ0) is 25.6. The molecule has 0 aromatic heterocycles. The third-order valence-electron chi connectivity index (χ3n) is 10.8. The normalized spacial score (nSPS) is 45.1. The van der Waals surface area contributed by atoms with E-state index in [0.717, 1.165) is 0 Å². The number of carboxylic acids is 1. The highest BCUT2D eigenvalue weighted by Crippen LogP contribution is 2.76. The number of aliphatic carboxylic acids is 1. The molecule has 2 saturated carbocycles. The first-order valence-electron chi connectivity index (χ1n) is 12.3. The number of aliphatic hydroxyl groups is 2. The zero-order valence-corrected chi connectivity index (χ0v) is 21.3. The predicted molar refractivity (Wildman–Crippen MR) is 125 cm³/mol. The Bertz CT molecular complexity index is 1040. The molecule has 0 amide bonds. The summed E-state index contributed by atoms with van der Waals surface area (Å²) in [5.41, 5.74) is -4.60. The van der Waals surface area contributed by atoms with Crippen molar-refractivity contribution in [2.75, 3.05) is 6.61 Å². The minimum atomic E-state index is -1.86. The van der Waals surface area contributed by atoms with Gasteiger partial charge in [-0.3, -0.25) is 14.4 Å². The molecule has 7 nitrogen and oxygen atoms in total. The molecule has 0 aliphatic heterocycles. The number of hydrogen-bond acceptors (Lipinski definition) is 6. The molecule has 0 bridgehead atoms. The number of ketones is 1. The number of carbonyl (C=O) groups excluding carboxylic acids is 2. The van der Waals surface area contributed by atoms with Crippen LogP contribution in [0.3, 0.4) is 0 Å². The Labute approximate surface area is 201 Å². The first kappa shape index (κ1) is 25.0. The first-order chi connectivity index (χ1) is 15.6. The summed E-state index contributed by atoms with van der Waals surface area (Å²) in [6.45, 7) is 12.2. The average Bonchev–Trinajstić information content (AvgIpc) is 2.91. The summed E-state index contributed by atoms with van der Waals surface area (Å²) in [5, 5.41) is 32.9. The van der Waals surface area contributed by atoms with Gasteiger partial charge in [-0.1, -0.05) is 32.4 Å². The molecule has 0 spiro atoms. The van der Waals surface area contributed by atoms with Crippen LogP contribution in [-0.2, 0) is 19.1 Å². The highest BCUT2D eigenvalue weighted by molar-refractivity contribution is 6.17. The summed E-state index contributed by atoms with van der Waals surface area (Å²) >= 11 is 0. The summed E-state index contributed by atoms with van der Waals surface area (Å²) in [5.74, 6) is -2.68. The summed E-state index contributed by atoms with van der Waals surface area (Å²) < 4.78 is 5.69. The summed E-state index contributed by atoms with van der Waals surface area (Å²) in [6, 6.07) is 0. The van der Waals surface area contributed by atoms with E-state index in [0.29, 0.717) is 31.3 Å². The number of allylic oxidation sites excluding steroid dienone is 3. The van der Waals surface area contributed by atoms with E-state index in [-0.39, 0.29) is 35.9 Å². The Hall–Kier alpha value is -2.15. The van der Waals surface area contributed by atoms with Crippen molar-refractivity contribution in [3.05, 3.63) is 23.0 Å². The molecule has 7 heteroatoms. The molecule has 2 fully saturated rings. The highest BCUT2D eigenvalue weighted by Gasteiger charge is 2.80. The van der Waals surface area contributed by atoms with Gasteiger partial charge in [-0.25, -0.2) is 0 Å². The van der Waals surface area contributed by atoms with Crippen LogP contribution in [0.1, 0.15) is 74.1 Å². The first-order valence-corrected chi connectivity index (χ1v) is 12.3. The highest BCUT2D eigenvalue weighted by atomic mass is 16.5. The molecule has 7 atom stereocenters. The number of carbonyl (C=O) groups is 3. The van der Waals surface area contributed by atoms with Crippen LogP contribution in [0, 0.1) is 38.9 Å². The van der Waals surface area contributed by atoms with Crippen LogP contribution in [0.2, 0.25) is 0 Å². The molecule has 34 heavy (non-hydrogen) atoms. The van der Waals surface area contributed by atoms with Crippen LogP contribution in [0.15, 0.2) is 23.0 Å². The maximum Gasteiger partial charge on any atom is 0.319 e. The van der Waals surface area contributed by atoms with Crippen molar-refractivity contribution < 1.29 is 34.4 Å². The van der Waals surface area contributed by atoms with Gasteiger partial charge in [-0.2, -0.15) is 0 Å². The van der Waals surface area contributed by atoms with Crippen molar-refractivity contribution in [2.24, 2.45) is 38.9 Å². The number of hydrogen-bond donors (Lipinski definition) is 3. The Morgan fingerprint density at radius 1 is 1.12 bits per heavy atom. The van der Waals surface area contributed by atoms with Crippen molar-refractivity contribution in [3.63, 3.8) is 0 Å². The third kappa shape index (κ3) is 2.44. The fraction of sp³-hybridized carbons (Fsp3) is 0.741. The minimum absolute atomic E-state index is 0.0421. The Morgan fingerprint density at radius 3 is 2.26 bits per heavy atom. The van der Waals surface area contributed by atoms with Gasteiger partial charge in [0.05, 0.1) is 5.41 Å². The largest absolute Gasteiger partial charge is 0.511 e. The standard InChI is InChI=1S/C27H38O7/c1-14-12-18-24(6,27(22(32)33)21(31)15(2)20(30)25(14,27)7)10-8-17-23(4,5)19(34-16(3)29)9-11-26(17,18)13-28/h12,17-19,28,30H,8-11,13H2,1-7H3,(H,32,33)/t17-,18-,19+,24+,25+,26+,27-/m1/s1. The molecule has 188 valence electrons. The van der Waals surface area contributed by atoms with E-state index < -0.39 is 44.7 Å². The van der Waals surface area contributed by atoms with Crippen LogP contribution in [0.4, 0.5) is 0 Å². The topological polar surface area (TPSA) is 121 Å². The number of rotatable bonds is 3. The lowest BCUT2D eigenvalue weighted by Crippen LogP contribution is -2.70. The molecule has 0 aromatic carbocycles. The fourth-order valence-electron chi connectivity index (χ4n) is 9.10. The SMILES string of the molecule is CC(=O)O[C@H]1CC[C@]2(CO)[C@H](CC[C@@]3(C)[C@H]2C=C(C)[C@@]2(C)C(O)=C(C)C(=O)[C@]23C(=O)O)C1(C)C. The lowest BCUT2D eigenvalue weighted by atomic mass is 9.33. The average molecular weight is 475 g/mol. The quantitative estimate of drug-likeness (QED) is 0.318. The van der Waals surface area contributed by atoms with Crippen LogP contribution in [0.5, 0.6) is 0 Å². The number of aliphatic hydroxyl groups excluding tert-OH is 2. The van der Waals surface area contributed by atoms with E-state index in [1.54, 1.807) is 13.8 Å².